The molecular formula is C20H20ClN3O2S. The lowest BCUT2D eigenvalue weighted by Gasteiger charge is -2.27. The van der Waals surface area contributed by atoms with Gasteiger partial charge < -0.3 is 9.88 Å². The number of carbonyl (C=O) groups excluding carboxylic acids is 1. The number of aromatic amines is 1. The van der Waals surface area contributed by atoms with E-state index in [4.69, 9.17) is 11.6 Å². The number of carbonyl (C=O) groups is 1. The summed E-state index contributed by atoms with van der Waals surface area (Å²) in [5.74, 6) is 0.250. The predicted molar refractivity (Wildman–Crippen MR) is 111 cm³/mol. The molecule has 0 saturated carbocycles. The lowest BCUT2D eigenvalue weighted by atomic mass is 10.1. The van der Waals surface area contributed by atoms with Gasteiger partial charge >= 0.3 is 0 Å². The van der Waals surface area contributed by atoms with Crippen molar-refractivity contribution in [3.05, 3.63) is 69.2 Å². The number of hydrogen-bond acceptors (Lipinski definition) is 4. The average Bonchev–Trinajstić information content (AvgIpc) is 2.66. The monoisotopic (exact) mass is 401 g/mol. The molecule has 1 N–H and O–H groups in total. The highest BCUT2D eigenvalue weighted by Crippen LogP contribution is 2.25. The third-order valence-corrected chi connectivity index (χ3v) is 5.33. The quantitative estimate of drug-likeness (QED) is 0.645. The van der Waals surface area contributed by atoms with Crippen molar-refractivity contribution in [3.8, 4) is 0 Å². The van der Waals surface area contributed by atoms with Crippen LogP contribution in [0.4, 0.5) is 0 Å². The molecule has 0 aliphatic heterocycles. The van der Waals surface area contributed by atoms with Gasteiger partial charge in [-0.15, -0.1) is 11.8 Å². The van der Waals surface area contributed by atoms with Crippen LogP contribution in [0.5, 0.6) is 0 Å². The fraction of sp³-hybridized carbons (Fsp3) is 0.250. The fourth-order valence-electron chi connectivity index (χ4n) is 2.81. The Morgan fingerprint density at radius 1 is 1.26 bits per heavy atom. The molecule has 0 bridgehead atoms. The molecule has 0 radical (unpaired) electrons. The number of benzene rings is 2. The van der Waals surface area contributed by atoms with Crippen molar-refractivity contribution in [2.24, 2.45) is 0 Å². The van der Waals surface area contributed by atoms with Gasteiger partial charge in [0.25, 0.3) is 11.5 Å². The van der Waals surface area contributed by atoms with Gasteiger partial charge in [-0.25, -0.2) is 4.98 Å². The van der Waals surface area contributed by atoms with Gasteiger partial charge in [0.05, 0.1) is 28.0 Å². The summed E-state index contributed by atoms with van der Waals surface area (Å²) in [5.41, 5.74) is 0.837. The first-order valence-electron chi connectivity index (χ1n) is 8.53. The molecule has 7 heteroatoms. The molecule has 140 valence electrons. The van der Waals surface area contributed by atoms with Crippen molar-refractivity contribution in [2.75, 3.05) is 6.26 Å². The van der Waals surface area contributed by atoms with E-state index in [0.717, 1.165) is 4.90 Å². The third kappa shape index (κ3) is 4.17. The van der Waals surface area contributed by atoms with Gasteiger partial charge in [0.1, 0.15) is 5.82 Å². The molecule has 5 nitrogen and oxygen atoms in total. The van der Waals surface area contributed by atoms with Crippen LogP contribution in [0, 0.1) is 0 Å². The van der Waals surface area contributed by atoms with Crippen LogP contribution in [-0.2, 0) is 6.54 Å². The molecule has 0 atom stereocenters. The minimum absolute atomic E-state index is 0.0942. The van der Waals surface area contributed by atoms with Gasteiger partial charge in [-0.2, -0.15) is 0 Å². The Balaban J connectivity index is 1.97. The summed E-state index contributed by atoms with van der Waals surface area (Å²) in [7, 11) is 0. The van der Waals surface area contributed by atoms with Crippen molar-refractivity contribution in [3.63, 3.8) is 0 Å². The van der Waals surface area contributed by atoms with Crippen LogP contribution < -0.4 is 5.56 Å². The molecule has 27 heavy (non-hydrogen) atoms. The summed E-state index contributed by atoms with van der Waals surface area (Å²) >= 11 is 7.82. The Labute approximate surface area is 166 Å². The Bertz CT molecular complexity index is 1050. The fourth-order valence-corrected chi connectivity index (χ4v) is 3.45. The highest BCUT2D eigenvalue weighted by Gasteiger charge is 2.23. The van der Waals surface area contributed by atoms with Gasteiger partial charge in [-0.3, -0.25) is 9.59 Å². The Morgan fingerprint density at radius 3 is 2.70 bits per heavy atom. The molecule has 0 aliphatic rings. The topological polar surface area (TPSA) is 66.1 Å². The van der Waals surface area contributed by atoms with E-state index in [1.54, 1.807) is 47.0 Å². The molecule has 0 spiro atoms. The van der Waals surface area contributed by atoms with E-state index < -0.39 is 0 Å². The highest BCUT2D eigenvalue weighted by molar-refractivity contribution is 7.98. The van der Waals surface area contributed by atoms with E-state index in [9.17, 15) is 9.59 Å². The first kappa shape index (κ1) is 19.5. The second-order valence-electron chi connectivity index (χ2n) is 6.40. The van der Waals surface area contributed by atoms with Gasteiger partial charge in [0.15, 0.2) is 0 Å². The van der Waals surface area contributed by atoms with Crippen molar-refractivity contribution in [1.29, 1.82) is 0 Å². The van der Waals surface area contributed by atoms with Gasteiger partial charge in [-0.05, 0) is 50.4 Å². The molecule has 2 aromatic carbocycles. The van der Waals surface area contributed by atoms with Crippen LogP contribution >= 0.6 is 23.4 Å². The number of para-hydroxylation sites is 1. The molecule has 0 saturated heterocycles. The minimum atomic E-state index is -0.214. The maximum absolute atomic E-state index is 13.1. The van der Waals surface area contributed by atoms with Crippen LogP contribution in [0.3, 0.4) is 0 Å². The standard InChI is InChI=1S/C20H20ClN3O2S/c1-12(2)24(20(26)15-10-13(27-3)8-9-16(15)21)11-18-22-17-7-5-4-6-14(17)19(25)23-18/h4-10,12H,11H2,1-3H3,(H,22,23,25). The van der Waals surface area contributed by atoms with Gasteiger partial charge in [-0.1, -0.05) is 23.7 Å². The summed E-state index contributed by atoms with van der Waals surface area (Å²) in [6.07, 6.45) is 1.95. The molecular weight excluding hydrogens is 382 g/mol. The normalized spacial score (nSPS) is 11.1. The molecule has 1 amide bonds. The maximum atomic E-state index is 13.1. The number of nitrogens with zero attached hydrogens (tertiary/aromatic N) is 2. The van der Waals surface area contributed by atoms with E-state index >= 15 is 0 Å². The van der Waals surface area contributed by atoms with Crippen LogP contribution in [0.25, 0.3) is 10.9 Å². The number of H-pyrrole nitrogens is 1. The number of rotatable bonds is 5. The average molecular weight is 402 g/mol. The zero-order chi connectivity index (χ0) is 19.6. The second kappa shape index (κ2) is 8.15. The Morgan fingerprint density at radius 2 is 2.00 bits per heavy atom. The number of aromatic nitrogens is 2. The van der Waals surface area contributed by atoms with Crippen molar-refractivity contribution in [1.82, 2.24) is 14.9 Å². The highest BCUT2D eigenvalue weighted by atomic mass is 35.5. The molecule has 1 aromatic heterocycles. The minimum Gasteiger partial charge on any atom is -0.329 e. The lowest BCUT2D eigenvalue weighted by molar-refractivity contribution is 0.0685. The molecule has 0 unspecified atom stereocenters. The van der Waals surface area contributed by atoms with E-state index in [1.165, 1.54) is 0 Å². The summed E-state index contributed by atoms with van der Waals surface area (Å²) in [5, 5.41) is 0.933. The van der Waals surface area contributed by atoms with Crippen LogP contribution in [-0.4, -0.2) is 33.1 Å². The zero-order valence-electron chi connectivity index (χ0n) is 15.3. The van der Waals surface area contributed by atoms with E-state index in [0.29, 0.717) is 27.3 Å². The zero-order valence-corrected chi connectivity index (χ0v) is 16.9. The van der Waals surface area contributed by atoms with Gasteiger partial charge in [0.2, 0.25) is 0 Å². The lowest BCUT2D eigenvalue weighted by Crippen LogP contribution is -2.37. The van der Waals surface area contributed by atoms with E-state index in [-0.39, 0.29) is 24.1 Å². The largest absolute Gasteiger partial charge is 0.329 e. The number of hydrogen-bond donors (Lipinski definition) is 1. The van der Waals surface area contributed by atoms with Gasteiger partial charge in [0, 0.05) is 10.9 Å². The smallest absolute Gasteiger partial charge is 0.258 e. The van der Waals surface area contributed by atoms with Crippen LogP contribution in [0.2, 0.25) is 5.02 Å². The molecule has 3 rings (SSSR count). The summed E-state index contributed by atoms with van der Waals surface area (Å²) in [4.78, 5) is 35.3. The first-order chi connectivity index (χ1) is 12.9. The number of amides is 1. The number of fused-ring (bicyclic) bond motifs is 1. The third-order valence-electron chi connectivity index (χ3n) is 4.27. The predicted octanol–water partition coefficient (Wildman–Crippen LogP) is 4.35. The number of halogens is 1. The van der Waals surface area contributed by atoms with Crippen molar-refractivity contribution in [2.45, 2.75) is 31.3 Å². The Kier molecular flexibility index (Phi) is 5.87. The van der Waals surface area contributed by atoms with E-state index in [2.05, 4.69) is 9.97 Å². The molecule has 0 fully saturated rings. The molecule has 0 aliphatic carbocycles. The molecule has 3 aromatic rings. The van der Waals surface area contributed by atoms with Crippen molar-refractivity contribution < 1.29 is 4.79 Å². The summed E-state index contributed by atoms with van der Waals surface area (Å²) < 4.78 is 0. The molecule has 1 heterocycles. The Hall–Kier alpha value is -2.31. The van der Waals surface area contributed by atoms with Crippen LogP contribution in [0.1, 0.15) is 30.0 Å². The number of thioether (sulfide) groups is 1. The summed E-state index contributed by atoms with van der Waals surface area (Å²) in [6.45, 7) is 4.03. The van der Waals surface area contributed by atoms with Crippen LogP contribution in [0.15, 0.2) is 52.2 Å². The first-order valence-corrected chi connectivity index (χ1v) is 10.1. The van der Waals surface area contributed by atoms with E-state index in [1.807, 2.05) is 32.2 Å². The summed E-state index contributed by atoms with van der Waals surface area (Å²) in [6, 6.07) is 12.4. The SMILES string of the molecule is CSc1ccc(Cl)c(C(=O)N(Cc2nc3ccccc3c(=O)[nH]2)C(C)C)c1. The second-order valence-corrected chi connectivity index (χ2v) is 7.69. The maximum Gasteiger partial charge on any atom is 0.258 e. The van der Waals surface area contributed by atoms with Crippen molar-refractivity contribution >= 4 is 40.2 Å². The number of nitrogens with one attached hydrogen (secondary N) is 1.